The van der Waals surface area contributed by atoms with Gasteiger partial charge >= 0.3 is 12.0 Å². The quantitative estimate of drug-likeness (QED) is 0.683. The van der Waals surface area contributed by atoms with Crippen LogP contribution in [0.3, 0.4) is 0 Å². The number of benzene rings is 1. The van der Waals surface area contributed by atoms with Crippen LogP contribution in [0, 0.1) is 0 Å². The number of imide groups is 1. The van der Waals surface area contributed by atoms with E-state index in [-0.39, 0.29) is 6.04 Å². The van der Waals surface area contributed by atoms with Crippen LogP contribution >= 0.6 is 0 Å². The molecule has 3 amide bonds. The van der Waals surface area contributed by atoms with Gasteiger partial charge < -0.3 is 19.5 Å². The lowest BCUT2D eigenvalue weighted by Crippen LogP contribution is -2.44. The molecule has 8 heteroatoms. The van der Waals surface area contributed by atoms with Crippen molar-refractivity contribution in [1.82, 2.24) is 10.6 Å². The maximum absolute atomic E-state index is 11.7. The predicted octanol–water partition coefficient (Wildman–Crippen LogP) is 1.88. The number of ether oxygens (including phenoxy) is 3. The average Bonchev–Trinajstić information content (AvgIpc) is 2.58. The van der Waals surface area contributed by atoms with Crippen molar-refractivity contribution in [1.29, 1.82) is 0 Å². The van der Waals surface area contributed by atoms with Crippen LogP contribution in [0.15, 0.2) is 24.3 Å². The fourth-order valence-corrected chi connectivity index (χ4v) is 1.88. The van der Waals surface area contributed by atoms with Crippen LogP contribution in [0.5, 0.6) is 11.5 Å². The van der Waals surface area contributed by atoms with E-state index < -0.39 is 31.1 Å². The molecule has 0 atom stereocenters. The maximum Gasteiger partial charge on any atom is 0.344 e. The molecule has 0 heterocycles. The first-order chi connectivity index (χ1) is 12.3. The SMILES string of the molecule is C/C=C/c1ccc(OCC(=O)OCC(=O)NC(=O)NC(C)C)c(OC)c1. The summed E-state index contributed by atoms with van der Waals surface area (Å²) in [4.78, 5) is 34.5. The number of hydrogen-bond donors (Lipinski definition) is 2. The highest BCUT2D eigenvalue weighted by atomic mass is 16.6. The lowest BCUT2D eigenvalue weighted by molar-refractivity contribution is -0.150. The number of urea groups is 1. The van der Waals surface area contributed by atoms with Gasteiger partial charge in [-0.15, -0.1) is 0 Å². The minimum Gasteiger partial charge on any atom is -0.493 e. The van der Waals surface area contributed by atoms with Crippen LogP contribution in [-0.2, 0) is 14.3 Å². The summed E-state index contributed by atoms with van der Waals surface area (Å²) < 4.78 is 15.3. The van der Waals surface area contributed by atoms with Gasteiger partial charge in [-0.05, 0) is 38.5 Å². The second kappa shape index (κ2) is 10.8. The Morgan fingerprint density at radius 1 is 1.15 bits per heavy atom. The zero-order chi connectivity index (χ0) is 19.5. The Bertz CT molecular complexity index is 670. The second-order valence-corrected chi connectivity index (χ2v) is 5.54. The summed E-state index contributed by atoms with van der Waals surface area (Å²) in [6.07, 6.45) is 3.79. The third-order valence-electron chi connectivity index (χ3n) is 2.93. The second-order valence-electron chi connectivity index (χ2n) is 5.54. The Labute approximate surface area is 152 Å². The molecule has 0 unspecified atom stereocenters. The lowest BCUT2D eigenvalue weighted by atomic mass is 10.2. The van der Waals surface area contributed by atoms with Gasteiger partial charge in [0, 0.05) is 6.04 Å². The van der Waals surface area contributed by atoms with Gasteiger partial charge in [0.05, 0.1) is 7.11 Å². The zero-order valence-corrected chi connectivity index (χ0v) is 15.3. The highest BCUT2D eigenvalue weighted by molar-refractivity contribution is 5.95. The van der Waals surface area contributed by atoms with Gasteiger partial charge in [0.15, 0.2) is 24.7 Å². The van der Waals surface area contributed by atoms with Crippen molar-refractivity contribution in [3.63, 3.8) is 0 Å². The first-order valence-electron chi connectivity index (χ1n) is 8.05. The van der Waals surface area contributed by atoms with Crippen LogP contribution < -0.4 is 20.1 Å². The molecule has 0 aliphatic heterocycles. The van der Waals surface area contributed by atoms with Crippen LogP contribution in [0.2, 0.25) is 0 Å². The van der Waals surface area contributed by atoms with Crippen LogP contribution in [0.4, 0.5) is 4.79 Å². The Hall–Kier alpha value is -3.03. The molecule has 1 aromatic carbocycles. The van der Waals surface area contributed by atoms with E-state index in [0.29, 0.717) is 11.5 Å². The highest BCUT2D eigenvalue weighted by Gasteiger charge is 2.13. The number of methoxy groups -OCH3 is 1. The molecule has 0 aliphatic rings. The number of hydrogen-bond acceptors (Lipinski definition) is 6. The van der Waals surface area contributed by atoms with E-state index in [4.69, 9.17) is 14.2 Å². The van der Waals surface area contributed by atoms with E-state index in [1.807, 2.05) is 30.5 Å². The number of allylic oxidation sites excluding steroid dienone is 1. The third kappa shape index (κ3) is 7.69. The molecular formula is C18H24N2O6. The Balaban J connectivity index is 2.45. The molecule has 142 valence electrons. The van der Waals surface area contributed by atoms with Gasteiger partial charge in [0.25, 0.3) is 5.91 Å². The van der Waals surface area contributed by atoms with Crippen LogP contribution in [0.25, 0.3) is 6.08 Å². The molecular weight excluding hydrogens is 340 g/mol. The number of amides is 3. The molecule has 0 aromatic heterocycles. The first kappa shape index (κ1) is 21.0. The van der Waals surface area contributed by atoms with Crippen molar-refractivity contribution in [2.75, 3.05) is 20.3 Å². The largest absolute Gasteiger partial charge is 0.493 e. The fraction of sp³-hybridized carbons (Fsp3) is 0.389. The average molecular weight is 364 g/mol. The molecule has 1 rings (SSSR count). The molecule has 0 saturated heterocycles. The number of rotatable bonds is 8. The lowest BCUT2D eigenvalue weighted by Gasteiger charge is -2.11. The number of esters is 1. The summed E-state index contributed by atoms with van der Waals surface area (Å²) in [7, 11) is 1.49. The first-order valence-corrected chi connectivity index (χ1v) is 8.05. The van der Waals surface area contributed by atoms with Crippen molar-refractivity contribution >= 4 is 24.0 Å². The van der Waals surface area contributed by atoms with Gasteiger partial charge in [-0.2, -0.15) is 0 Å². The standard InChI is InChI=1S/C18H24N2O6/c1-5-6-13-7-8-14(15(9-13)24-4)25-11-17(22)26-10-16(21)20-18(23)19-12(2)3/h5-9,12H,10-11H2,1-4H3,(H2,19,20,21,23)/b6-5+. The van der Waals surface area contributed by atoms with Gasteiger partial charge in [-0.1, -0.05) is 18.2 Å². The Morgan fingerprint density at radius 3 is 2.50 bits per heavy atom. The molecule has 8 nitrogen and oxygen atoms in total. The third-order valence-corrected chi connectivity index (χ3v) is 2.93. The minimum atomic E-state index is -0.746. The smallest absolute Gasteiger partial charge is 0.344 e. The monoisotopic (exact) mass is 364 g/mol. The van der Waals surface area contributed by atoms with Gasteiger partial charge in [0.1, 0.15) is 0 Å². The van der Waals surface area contributed by atoms with Gasteiger partial charge in [-0.3, -0.25) is 10.1 Å². The van der Waals surface area contributed by atoms with E-state index in [2.05, 4.69) is 5.32 Å². The van der Waals surface area contributed by atoms with E-state index in [9.17, 15) is 14.4 Å². The van der Waals surface area contributed by atoms with Crippen molar-refractivity contribution in [2.45, 2.75) is 26.8 Å². The van der Waals surface area contributed by atoms with E-state index in [1.54, 1.807) is 26.0 Å². The fourth-order valence-electron chi connectivity index (χ4n) is 1.88. The molecule has 26 heavy (non-hydrogen) atoms. The molecule has 0 radical (unpaired) electrons. The summed E-state index contributed by atoms with van der Waals surface area (Å²) >= 11 is 0. The topological polar surface area (TPSA) is 103 Å². The molecule has 0 bridgehead atoms. The molecule has 1 aromatic rings. The highest BCUT2D eigenvalue weighted by Crippen LogP contribution is 2.28. The summed E-state index contributed by atoms with van der Waals surface area (Å²) in [6.45, 7) is 4.42. The Morgan fingerprint density at radius 2 is 1.88 bits per heavy atom. The molecule has 0 saturated carbocycles. The number of nitrogens with one attached hydrogen (secondary N) is 2. The summed E-state index contributed by atoms with van der Waals surface area (Å²) in [6, 6.07) is 4.48. The molecule has 0 aliphatic carbocycles. The number of carbonyl (C=O) groups is 3. The zero-order valence-electron chi connectivity index (χ0n) is 15.3. The normalized spacial score (nSPS) is 10.5. The van der Waals surface area contributed by atoms with Crippen LogP contribution in [-0.4, -0.2) is 44.3 Å². The van der Waals surface area contributed by atoms with Crippen molar-refractivity contribution < 1.29 is 28.6 Å². The summed E-state index contributed by atoms with van der Waals surface area (Å²) in [5.74, 6) is -0.635. The Kier molecular flexibility index (Phi) is 8.69. The van der Waals surface area contributed by atoms with Crippen molar-refractivity contribution in [2.24, 2.45) is 0 Å². The maximum atomic E-state index is 11.7. The van der Waals surface area contributed by atoms with Gasteiger partial charge in [0.2, 0.25) is 0 Å². The minimum absolute atomic E-state index is 0.118. The van der Waals surface area contributed by atoms with Crippen molar-refractivity contribution in [3.8, 4) is 11.5 Å². The van der Waals surface area contributed by atoms with Crippen LogP contribution in [0.1, 0.15) is 26.3 Å². The summed E-state index contributed by atoms with van der Waals surface area (Å²) in [5.41, 5.74) is 0.927. The predicted molar refractivity (Wildman–Crippen MR) is 96.0 cm³/mol. The summed E-state index contributed by atoms with van der Waals surface area (Å²) in [5, 5.41) is 4.52. The van der Waals surface area contributed by atoms with E-state index in [0.717, 1.165) is 5.56 Å². The van der Waals surface area contributed by atoms with E-state index in [1.165, 1.54) is 7.11 Å². The molecule has 2 N–H and O–H groups in total. The van der Waals surface area contributed by atoms with Gasteiger partial charge in [-0.25, -0.2) is 9.59 Å². The number of carbonyl (C=O) groups excluding carboxylic acids is 3. The van der Waals surface area contributed by atoms with E-state index >= 15 is 0 Å². The van der Waals surface area contributed by atoms with Crippen molar-refractivity contribution in [3.05, 3.63) is 29.8 Å². The molecule has 0 spiro atoms. The molecule has 0 fully saturated rings.